The van der Waals surface area contributed by atoms with Crippen molar-refractivity contribution in [1.29, 1.82) is 0 Å². The Hall–Kier alpha value is -1.39. The number of aliphatic hydroxyl groups is 1. The third-order valence-corrected chi connectivity index (χ3v) is 4.48. The number of carboxylic acid groups (broad SMARTS) is 1. The fourth-order valence-electron chi connectivity index (χ4n) is 3.02. The Morgan fingerprint density at radius 2 is 1.86 bits per heavy atom. The van der Waals surface area contributed by atoms with Gasteiger partial charge in [0.2, 0.25) is 0 Å². The molecule has 4 nitrogen and oxygen atoms in total. The van der Waals surface area contributed by atoms with Gasteiger partial charge in [-0.25, -0.2) is 4.79 Å². The molecule has 2 rings (SSSR count). The first-order chi connectivity index (χ1) is 9.99. The molecule has 1 saturated carbocycles. The van der Waals surface area contributed by atoms with E-state index in [2.05, 4.69) is 29.6 Å². The lowest BCUT2D eigenvalue weighted by atomic mass is 9.78. The van der Waals surface area contributed by atoms with Crippen LogP contribution in [0.4, 0.5) is 0 Å². The quantitative estimate of drug-likeness (QED) is 0.752. The van der Waals surface area contributed by atoms with Gasteiger partial charge in [-0.05, 0) is 56.6 Å². The first kappa shape index (κ1) is 16.0. The van der Waals surface area contributed by atoms with Crippen LogP contribution in [-0.2, 0) is 4.79 Å². The molecule has 0 aliphatic heterocycles. The molecule has 1 fully saturated rings. The summed E-state index contributed by atoms with van der Waals surface area (Å²) in [5.41, 5.74) is -0.251. The van der Waals surface area contributed by atoms with Gasteiger partial charge in [-0.15, -0.1) is 0 Å². The second-order valence-corrected chi connectivity index (χ2v) is 6.34. The van der Waals surface area contributed by atoms with Crippen LogP contribution in [0, 0.1) is 5.92 Å². The number of hydrogen-bond donors (Lipinski definition) is 3. The third-order valence-electron chi connectivity index (χ3n) is 4.48. The van der Waals surface area contributed by atoms with Crippen molar-refractivity contribution in [3.8, 4) is 0 Å². The molecule has 1 aliphatic carbocycles. The molecule has 1 atom stereocenters. The molecule has 3 N–H and O–H groups in total. The highest BCUT2D eigenvalue weighted by Gasteiger charge is 2.30. The average Bonchev–Trinajstić information content (AvgIpc) is 2.48. The van der Waals surface area contributed by atoms with Crippen LogP contribution >= 0.6 is 0 Å². The lowest BCUT2D eigenvalue weighted by molar-refractivity contribution is -0.156. The van der Waals surface area contributed by atoms with Gasteiger partial charge in [-0.2, -0.15) is 0 Å². The van der Waals surface area contributed by atoms with Crippen molar-refractivity contribution in [3.63, 3.8) is 0 Å². The summed E-state index contributed by atoms with van der Waals surface area (Å²) >= 11 is 0. The Kier molecular flexibility index (Phi) is 5.37. The molecular formula is C17H25NO3. The predicted octanol–water partition coefficient (Wildman–Crippen LogP) is 2.39. The molecule has 4 heteroatoms. The zero-order valence-electron chi connectivity index (χ0n) is 12.6. The van der Waals surface area contributed by atoms with Gasteiger partial charge in [0.1, 0.15) is 0 Å². The summed E-state index contributed by atoms with van der Waals surface area (Å²) in [6, 6.07) is 10.6. The van der Waals surface area contributed by atoms with E-state index in [-0.39, 0.29) is 6.54 Å². The van der Waals surface area contributed by atoms with E-state index in [4.69, 9.17) is 5.11 Å². The van der Waals surface area contributed by atoms with Crippen molar-refractivity contribution < 1.29 is 15.0 Å². The van der Waals surface area contributed by atoms with Gasteiger partial charge in [0.15, 0.2) is 5.60 Å². The van der Waals surface area contributed by atoms with Crippen molar-refractivity contribution in [2.75, 3.05) is 13.1 Å². The predicted molar refractivity (Wildman–Crippen MR) is 82.3 cm³/mol. The highest BCUT2D eigenvalue weighted by Crippen LogP contribution is 2.35. The van der Waals surface area contributed by atoms with Crippen molar-refractivity contribution in [2.45, 2.75) is 44.1 Å². The molecule has 116 valence electrons. The Morgan fingerprint density at radius 1 is 1.24 bits per heavy atom. The molecule has 0 aromatic heterocycles. The number of benzene rings is 1. The summed E-state index contributed by atoms with van der Waals surface area (Å²) in [4.78, 5) is 10.8. The molecule has 1 aromatic carbocycles. The summed E-state index contributed by atoms with van der Waals surface area (Å²) in [5, 5.41) is 21.6. The largest absolute Gasteiger partial charge is 0.479 e. The van der Waals surface area contributed by atoms with Gasteiger partial charge in [-0.3, -0.25) is 0 Å². The summed E-state index contributed by atoms with van der Waals surface area (Å²) in [6.07, 6.45) is 4.68. The number of nitrogens with one attached hydrogen (secondary N) is 1. The first-order valence-electron chi connectivity index (χ1n) is 7.70. The lowest BCUT2D eigenvalue weighted by Gasteiger charge is -2.29. The molecule has 1 unspecified atom stereocenters. The van der Waals surface area contributed by atoms with E-state index in [1.807, 2.05) is 6.07 Å². The molecule has 0 amide bonds. The molecule has 0 bridgehead atoms. The van der Waals surface area contributed by atoms with Crippen LogP contribution < -0.4 is 5.32 Å². The maximum absolute atomic E-state index is 10.8. The van der Waals surface area contributed by atoms with Crippen LogP contribution in [0.3, 0.4) is 0 Å². The molecule has 0 radical (unpaired) electrons. The summed E-state index contributed by atoms with van der Waals surface area (Å²) in [5.74, 6) is 0.0573. The van der Waals surface area contributed by atoms with Crippen LogP contribution in [-0.4, -0.2) is 34.9 Å². The minimum absolute atomic E-state index is 0.0982. The van der Waals surface area contributed by atoms with Crippen LogP contribution in [0.1, 0.15) is 44.1 Å². The highest BCUT2D eigenvalue weighted by molar-refractivity contribution is 5.76. The van der Waals surface area contributed by atoms with Crippen molar-refractivity contribution >= 4 is 5.97 Å². The number of aliphatic carboxylic acids is 1. The van der Waals surface area contributed by atoms with Crippen LogP contribution in [0.15, 0.2) is 30.3 Å². The Morgan fingerprint density at radius 3 is 2.43 bits per heavy atom. The topological polar surface area (TPSA) is 69.6 Å². The molecular weight excluding hydrogens is 266 g/mol. The van der Waals surface area contributed by atoms with Gasteiger partial charge < -0.3 is 15.5 Å². The van der Waals surface area contributed by atoms with Gasteiger partial charge in [0.25, 0.3) is 0 Å². The molecule has 21 heavy (non-hydrogen) atoms. The van der Waals surface area contributed by atoms with Crippen molar-refractivity contribution in [3.05, 3.63) is 35.9 Å². The van der Waals surface area contributed by atoms with E-state index in [1.54, 1.807) is 0 Å². The van der Waals surface area contributed by atoms with Crippen LogP contribution in [0.25, 0.3) is 0 Å². The smallest absolute Gasteiger partial charge is 0.336 e. The van der Waals surface area contributed by atoms with Gasteiger partial charge in [-0.1, -0.05) is 30.3 Å². The molecule has 0 spiro atoms. The summed E-state index contributed by atoms with van der Waals surface area (Å²) in [6.45, 7) is 2.21. The zero-order chi connectivity index (χ0) is 15.3. The van der Waals surface area contributed by atoms with Gasteiger partial charge in [0.05, 0.1) is 0 Å². The maximum Gasteiger partial charge on any atom is 0.336 e. The van der Waals surface area contributed by atoms with Crippen molar-refractivity contribution in [1.82, 2.24) is 5.32 Å². The Labute approximate surface area is 126 Å². The van der Waals surface area contributed by atoms with Crippen LogP contribution in [0.5, 0.6) is 0 Å². The normalized spacial score (nSPS) is 25.2. The minimum atomic E-state index is -1.68. The van der Waals surface area contributed by atoms with E-state index >= 15 is 0 Å². The van der Waals surface area contributed by atoms with Gasteiger partial charge in [0, 0.05) is 6.54 Å². The molecule has 1 aliphatic rings. The average molecular weight is 291 g/mol. The van der Waals surface area contributed by atoms with Gasteiger partial charge >= 0.3 is 5.97 Å². The van der Waals surface area contributed by atoms with Crippen LogP contribution in [0.2, 0.25) is 0 Å². The number of carbonyl (C=O) groups is 1. The molecule has 0 heterocycles. The monoisotopic (exact) mass is 291 g/mol. The summed E-state index contributed by atoms with van der Waals surface area (Å²) < 4.78 is 0. The third kappa shape index (κ3) is 4.55. The van der Waals surface area contributed by atoms with E-state index in [0.29, 0.717) is 11.8 Å². The minimum Gasteiger partial charge on any atom is -0.479 e. The SMILES string of the molecule is CC(O)(CNCC1CCC(c2ccccc2)CC1)C(=O)O. The number of hydrogen-bond acceptors (Lipinski definition) is 3. The second kappa shape index (κ2) is 7.05. The first-order valence-corrected chi connectivity index (χ1v) is 7.70. The van der Waals surface area contributed by atoms with Crippen molar-refractivity contribution in [2.24, 2.45) is 5.92 Å². The standard InChI is InChI=1S/C17H25NO3/c1-17(21,16(19)20)12-18-11-13-7-9-15(10-8-13)14-5-3-2-4-6-14/h2-6,13,15,18,21H,7-12H2,1H3,(H,19,20). The zero-order valence-corrected chi connectivity index (χ0v) is 12.6. The highest BCUT2D eigenvalue weighted by atomic mass is 16.4. The lowest BCUT2D eigenvalue weighted by Crippen LogP contribution is -2.46. The van der Waals surface area contributed by atoms with E-state index in [9.17, 15) is 9.90 Å². The molecule has 0 saturated heterocycles. The maximum atomic E-state index is 10.8. The van der Waals surface area contributed by atoms with E-state index < -0.39 is 11.6 Å². The number of rotatable bonds is 6. The fraction of sp³-hybridized carbons (Fsp3) is 0.588. The Balaban J connectivity index is 1.71. The van der Waals surface area contributed by atoms with E-state index in [1.165, 1.54) is 25.3 Å². The fourth-order valence-corrected chi connectivity index (χ4v) is 3.02. The van der Waals surface area contributed by atoms with E-state index in [0.717, 1.165) is 19.4 Å². The number of carboxylic acids is 1. The Bertz CT molecular complexity index is 450. The second-order valence-electron chi connectivity index (χ2n) is 6.34. The molecule has 1 aromatic rings. The summed E-state index contributed by atoms with van der Waals surface area (Å²) in [7, 11) is 0.